The SMILES string of the molecule is CC(C)(C)OC(=O)Nc1cccc(C(CCN2CCC3(C=Cc4ccccc43)CC2)C(=O)O)c1. The Morgan fingerprint density at radius 1 is 1.12 bits per heavy atom. The zero-order chi connectivity index (χ0) is 24.3. The molecular weight excluding hydrogens is 428 g/mol. The number of benzene rings is 2. The predicted molar refractivity (Wildman–Crippen MR) is 134 cm³/mol. The van der Waals surface area contributed by atoms with Crippen LogP contribution in [0.2, 0.25) is 0 Å². The van der Waals surface area contributed by atoms with E-state index in [1.807, 2.05) is 6.07 Å². The van der Waals surface area contributed by atoms with Gasteiger partial charge in [0.1, 0.15) is 5.60 Å². The standard InChI is InChI=1S/C28H34N2O4/c1-27(2,3)34-26(33)29-22-9-6-8-21(19-22)23(25(31)32)12-16-30-17-14-28(15-18-30)13-11-20-7-4-5-10-24(20)28/h4-11,13,19,23H,12,14-18H2,1-3H3,(H,29,33)(H,31,32). The summed E-state index contributed by atoms with van der Waals surface area (Å²) in [6.07, 6.45) is 6.66. The molecule has 2 aliphatic rings. The van der Waals surface area contributed by atoms with Gasteiger partial charge in [0.2, 0.25) is 0 Å². The molecule has 0 aromatic heterocycles. The van der Waals surface area contributed by atoms with E-state index in [0.29, 0.717) is 17.7 Å². The van der Waals surface area contributed by atoms with Crippen LogP contribution < -0.4 is 5.32 Å². The fraction of sp³-hybridized carbons (Fsp3) is 0.429. The van der Waals surface area contributed by atoms with E-state index in [4.69, 9.17) is 4.74 Å². The van der Waals surface area contributed by atoms with Crippen molar-refractivity contribution in [2.24, 2.45) is 0 Å². The maximum Gasteiger partial charge on any atom is 0.412 e. The minimum atomic E-state index is -0.851. The number of nitrogens with one attached hydrogen (secondary N) is 1. The van der Waals surface area contributed by atoms with Crippen LogP contribution in [0.5, 0.6) is 0 Å². The van der Waals surface area contributed by atoms with Gasteiger partial charge in [-0.25, -0.2) is 4.79 Å². The molecule has 34 heavy (non-hydrogen) atoms. The van der Waals surface area contributed by atoms with E-state index in [9.17, 15) is 14.7 Å². The van der Waals surface area contributed by atoms with Crippen molar-refractivity contribution < 1.29 is 19.4 Å². The number of likely N-dealkylation sites (tertiary alicyclic amines) is 1. The van der Waals surface area contributed by atoms with Crippen LogP contribution >= 0.6 is 0 Å². The molecule has 1 atom stereocenters. The molecule has 1 fully saturated rings. The maximum absolute atomic E-state index is 12.1. The quantitative estimate of drug-likeness (QED) is 0.580. The number of hydrogen-bond acceptors (Lipinski definition) is 4. The molecule has 2 N–H and O–H groups in total. The Kier molecular flexibility index (Phi) is 6.80. The highest BCUT2D eigenvalue weighted by Gasteiger charge is 2.37. The van der Waals surface area contributed by atoms with Gasteiger partial charge >= 0.3 is 12.1 Å². The summed E-state index contributed by atoms with van der Waals surface area (Å²) in [4.78, 5) is 26.6. The van der Waals surface area contributed by atoms with Crippen LogP contribution in [-0.2, 0) is 14.9 Å². The lowest BCUT2D eigenvalue weighted by Gasteiger charge is -2.39. The van der Waals surface area contributed by atoms with Crippen LogP contribution in [-0.4, -0.2) is 47.3 Å². The molecule has 2 aromatic rings. The number of piperidine rings is 1. The summed E-state index contributed by atoms with van der Waals surface area (Å²) in [5.41, 5.74) is 3.48. The largest absolute Gasteiger partial charge is 0.481 e. The topological polar surface area (TPSA) is 78.9 Å². The number of carboxylic acid groups (broad SMARTS) is 1. The molecule has 1 aliphatic heterocycles. The third-order valence-electron chi connectivity index (χ3n) is 6.79. The highest BCUT2D eigenvalue weighted by Crippen LogP contribution is 2.43. The van der Waals surface area contributed by atoms with Gasteiger partial charge in [-0.15, -0.1) is 0 Å². The maximum atomic E-state index is 12.1. The van der Waals surface area contributed by atoms with Crippen molar-refractivity contribution in [1.29, 1.82) is 0 Å². The number of hydrogen-bond donors (Lipinski definition) is 2. The first-order chi connectivity index (χ1) is 16.2. The molecule has 4 rings (SSSR count). The van der Waals surface area contributed by atoms with Gasteiger partial charge in [0, 0.05) is 11.1 Å². The minimum absolute atomic E-state index is 0.126. The lowest BCUT2D eigenvalue weighted by Crippen LogP contribution is -2.41. The molecule has 1 heterocycles. The van der Waals surface area contributed by atoms with Crippen molar-refractivity contribution >= 4 is 23.8 Å². The number of aliphatic carboxylic acids is 1. The van der Waals surface area contributed by atoms with E-state index >= 15 is 0 Å². The van der Waals surface area contributed by atoms with Gasteiger partial charge in [-0.05, 0) is 88.5 Å². The van der Waals surface area contributed by atoms with Gasteiger partial charge in [-0.3, -0.25) is 10.1 Å². The molecule has 6 nitrogen and oxygen atoms in total. The molecule has 0 bridgehead atoms. The number of fused-ring (bicyclic) bond motifs is 2. The molecular formula is C28H34N2O4. The summed E-state index contributed by atoms with van der Waals surface area (Å²) in [7, 11) is 0. The third kappa shape index (κ3) is 5.50. The number of amides is 1. The molecule has 2 aromatic carbocycles. The first-order valence-corrected chi connectivity index (χ1v) is 12.0. The van der Waals surface area contributed by atoms with Crippen LogP contribution in [0.4, 0.5) is 10.5 Å². The van der Waals surface area contributed by atoms with E-state index < -0.39 is 23.6 Å². The number of anilines is 1. The van der Waals surface area contributed by atoms with Gasteiger partial charge in [0.15, 0.2) is 0 Å². The van der Waals surface area contributed by atoms with E-state index in [1.165, 1.54) is 11.1 Å². The third-order valence-corrected chi connectivity index (χ3v) is 6.79. The van der Waals surface area contributed by atoms with E-state index in [2.05, 4.69) is 46.6 Å². The molecule has 6 heteroatoms. The molecule has 1 spiro atoms. The van der Waals surface area contributed by atoms with E-state index in [0.717, 1.165) is 32.5 Å². The van der Waals surface area contributed by atoms with Gasteiger partial charge in [-0.2, -0.15) is 0 Å². The second-order valence-electron chi connectivity index (χ2n) is 10.4. The average Bonchev–Trinajstić information content (AvgIpc) is 3.12. The van der Waals surface area contributed by atoms with Crippen molar-refractivity contribution in [3.05, 3.63) is 71.3 Å². The van der Waals surface area contributed by atoms with Crippen molar-refractivity contribution in [3.63, 3.8) is 0 Å². The normalized spacial score (nSPS) is 17.9. The van der Waals surface area contributed by atoms with Crippen LogP contribution in [0, 0.1) is 0 Å². The first kappa shape index (κ1) is 24.0. The number of nitrogens with zero attached hydrogens (tertiary/aromatic N) is 1. The Morgan fingerprint density at radius 2 is 1.85 bits per heavy atom. The summed E-state index contributed by atoms with van der Waals surface area (Å²) in [6, 6.07) is 15.7. The lowest BCUT2D eigenvalue weighted by atomic mass is 9.74. The number of carboxylic acids is 1. The van der Waals surface area contributed by atoms with Crippen LogP contribution in [0.25, 0.3) is 6.08 Å². The van der Waals surface area contributed by atoms with Crippen molar-refractivity contribution in [3.8, 4) is 0 Å². The second-order valence-corrected chi connectivity index (χ2v) is 10.4. The number of rotatable bonds is 6. The van der Waals surface area contributed by atoms with Crippen molar-refractivity contribution in [2.75, 3.05) is 25.0 Å². The Labute approximate surface area is 201 Å². The number of carbonyl (C=O) groups is 2. The van der Waals surface area contributed by atoms with E-state index in [-0.39, 0.29) is 5.41 Å². The summed E-state index contributed by atoms with van der Waals surface area (Å²) in [6.45, 7) is 8.02. The molecule has 1 saturated heterocycles. The molecule has 1 aliphatic carbocycles. The summed E-state index contributed by atoms with van der Waals surface area (Å²) in [5, 5.41) is 12.6. The fourth-order valence-corrected chi connectivity index (χ4v) is 5.05. The number of ether oxygens (including phenoxy) is 1. The molecule has 1 amide bonds. The van der Waals surface area contributed by atoms with Gasteiger partial charge in [0.25, 0.3) is 0 Å². The van der Waals surface area contributed by atoms with Crippen LogP contribution in [0.15, 0.2) is 54.6 Å². The Bertz CT molecular complexity index is 1080. The van der Waals surface area contributed by atoms with Gasteiger partial charge in [0.05, 0.1) is 5.92 Å². The summed E-state index contributed by atoms with van der Waals surface area (Å²) >= 11 is 0. The van der Waals surface area contributed by atoms with Crippen LogP contribution in [0.3, 0.4) is 0 Å². The summed E-state index contributed by atoms with van der Waals surface area (Å²) < 4.78 is 5.30. The average molecular weight is 463 g/mol. The zero-order valence-corrected chi connectivity index (χ0v) is 20.2. The highest BCUT2D eigenvalue weighted by atomic mass is 16.6. The highest BCUT2D eigenvalue weighted by molar-refractivity contribution is 5.85. The Hall–Kier alpha value is -3.12. The second kappa shape index (κ2) is 9.63. The Morgan fingerprint density at radius 3 is 2.56 bits per heavy atom. The van der Waals surface area contributed by atoms with Gasteiger partial charge in [-0.1, -0.05) is 48.6 Å². The molecule has 180 valence electrons. The molecule has 0 radical (unpaired) electrons. The monoisotopic (exact) mass is 462 g/mol. The van der Waals surface area contributed by atoms with Gasteiger partial charge < -0.3 is 14.7 Å². The molecule has 0 saturated carbocycles. The van der Waals surface area contributed by atoms with Crippen molar-refractivity contribution in [1.82, 2.24) is 4.90 Å². The van der Waals surface area contributed by atoms with E-state index in [1.54, 1.807) is 39.0 Å². The number of carbonyl (C=O) groups excluding carboxylic acids is 1. The smallest absolute Gasteiger partial charge is 0.412 e. The predicted octanol–water partition coefficient (Wildman–Crippen LogP) is 5.65. The Balaban J connectivity index is 1.35. The number of allylic oxidation sites excluding steroid dienone is 1. The van der Waals surface area contributed by atoms with Crippen molar-refractivity contribution in [2.45, 2.75) is 57.0 Å². The molecule has 1 unspecified atom stereocenters. The lowest BCUT2D eigenvalue weighted by molar-refractivity contribution is -0.139. The fourth-order valence-electron chi connectivity index (χ4n) is 5.05. The van der Waals surface area contributed by atoms with Crippen LogP contribution in [0.1, 0.15) is 62.6 Å². The summed E-state index contributed by atoms with van der Waals surface area (Å²) in [5.74, 6) is -1.49. The first-order valence-electron chi connectivity index (χ1n) is 12.0. The zero-order valence-electron chi connectivity index (χ0n) is 20.2. The minimum Gasteiger partial charge on any atom is -0.481 e.